The molecule has 0 aromatic heterocycles. The Kier molecular flexibility index (Phi) is 6.51. The van der Waals surface area contributed by atoms with E-state index in [1.165, 1.54) is 12.1 Å². The molecule has 7 heteroatoms. The molecular formula is C20H23FN4O2. The number of anilines is 1. The third-order valence-electron chi connectivity index (χ3n) is 4.47. The predicted octanol–water partition coefficient (Wildman–Crippen LogP) is 1.77. The van der Waals surface area contributed by atoms with Gasteiger partial charge < -0.3 is 10.6 Å². The number of nitrogens with zero attached hydrogens (tertiary/aromatic N) is 2. The summed E-state index contributed by atoms with van der Waals surface area (Å²) < 4.78 is 13.6. The van der Waals surface area contributed by atoms with E-state index in [4.69, 9.17) is 0 Å². The van der Waals surface area contributed by atoms with Crippen LogP contribution in [0.25, 0.3) is 0 Å². The van der Waals surface area contributed by atoms with E-state index in [0.29, 0.717) is 13.2 Å². The average Bonchev–Trinajstić information content (AvgIpc) is 2.68. The monoisotopic (exact) mass is 370 g/mol. The summed E-state index contributed by atoms with van der Waals surface area (Å²) in [7, 11) is 0. The summed E-state index contributed by atoms with van der Waals surface area (Å²) in [6, 6.07) is 15.3. The van der Waals surface area contributed by atoms with E-state index in [1.807, 2.05) is 30.3 Å². The third kappa shape index (κ3) is 5.60. The van der Waals surface area contributed by atoms with Gasteiger partial charge in [-0.25, -0.2) is 4.39 Å². The minimum absolute atomic E-state index is 0.0393. The van der Waals surface area contributed by atoms with Gasteiger partial charge in [-0.3, -0.25) is 19.4 Å². The fourth-order valence-corrected chi connectivity index (χ4v) is 2.95. The maximum absolute atomic E-state index is 13.6. The number of para-hydroxylation sites is 1. The molecule has 2 amide bonds. The fraction of sp³-hybridized carbons (Fsp3) is 0.300. The molecule has 1 heterocycles. The standard InChI is InChI=1S/C20H23FN4O2/c21-18-9-5-4-8-17(18)20(27)22-15-25-12-10-24(11-13-25)14-19(26)23-16-6-2-1-3-7-16/h1-9H,10-15H2,(H,22,27)(H,23,26). The molecule has 1 saturated heterocycles. The van der Waals surface area contributed by atoms with Crippen molar-refractivity contribution in [1.29, 1.82) is 0 Å². The second-order valence-corrected chi connectivity index (χ2v) is 6.45. The number of nitrogens with one attached hydrogen (secondary N) is 2. The van der Waals surface area contributed by atoms with Crippen molar-refractivity contribution >= 4 is 17.5 Å². The highest BCUT2D eigenvalue weighted by atomic mass is 19.1. The molecule has 2 N–H and O–H groups in total. The lowest BCUT2D eigenvalue weighted by molar-refractivity contribution is -0.117. The molecule has 0 spiro atoms. The molecule has 0 bridgehead atoms. The zero-order valence-electron chi connectivity index (χ0n) is 15.0. The Bertz CT molecular complexity index is 777. The summed E-state index contributed by atoms with van der Waals surface area (Å²) >= 11 is 0. The van der Waals surface area contributed by atoms with Gasteiger partial charge in [-0.15, -0.1) is 0 Å². The van der Waals surface area contributed by atoms with Gasteiger partial charge in [0.15, 0.2) is 0 Å². The normalized spacial score (nSPS) is 15.3. The molecule has 1 fully saturated rings. The fourth-order valence-electron chi connectivity index (χ4n) is 2.95. The highest BCUT2D eigenvalue weighted by Gasteiger charge is 2.20. The smallest absolute Gasteiger partial charge is 0.255 e. The molecule has 6 nitrogen and oxygen atoms in total. The van der Waals surface area contributed by atoms with E-state index in [-0.39, 0.29) is 11.5 Å². The molecule has 0 radical (unpaired) electrons. The van der Waals surface area contributed by atoms with Crippen LogP contribution in [0.2, 0.25) is 0 Å². The van der Waals surface area contributed by atoms with E-state index >= 15 is 0 Å². The third-order valence-corrected chi connectivity index (χ3v) is 4.47. The van der Waals surface area contributed by atoms with E-state index in [9.17, 15) is 14.0 Å². The number of benzene rings is 2. The van der Waals surface area contributed by atoms with Crippen LogP contribution in [0.5, 0.6) is 0 Å². The first-order chi connectivity index (χ1) is 13.1. The van der Waals surface area contributed by atoms with Crippen LogP contribution in [0.15, 0.2) is 54.6 Å². The lowest BCUT2D eigenvalue weighted by Crippen LogP contribution is -2.51. The topological polar surface area (TPSA) is 64.7 Å². The van der Waals surface area contributed by atoms with Gasteiger partial charge in [0.2, 0.25) is 5.91 Å². The number of hydrogen-bond acceptors (Lipinski definition) is 4. The number of carbonyl (C=O) groups excluding carboxylic acids is 2. The number of rotatable bonds is 6. The number of amides is 2. The molecular weight excluding hydrogens is 347 g/mol. The van der Waals surface area contributed by atoms with Crippen LogP contribution < -0.4 is 10.6 Å². The Morgan fingerprint density at radius 1 is 0.889 bits per heavy atom. The van der Waals surface area contributed by atoms with Crippen molar-refractivity contribution in [2.75, 3.05) is 44.7 Å². The molecule has 1 aliphatic rings. The largest absolute Gasteiger partial charge is 0.339 e. The molecule has 0 saturated carbocycles. The maximum atomic E-state index is 13.6. The maximum Gasteiger partial charge on any atom is 0.255 e. The SMILES string of the molecule is O=C(CN1CCN(CNC(=O)c2ccccc2F)CC1)Nc1ccccc1. The highest BCUT2D eigenvalue weighted by molar-refractivity contribution is 5.94. The average molecular weight is 370 g/mol. The van der Waals surface area contributed by atoms with Gasteiger partial charge in [-0.2, -0.15) is 0 Å². The van der Waals surface area contributed by atoms with E-state index in [2.05, 4.69) is 20.4 Å². The molecule has 27 heavy (non-hydrogen) atoms. The second-order valence-electron chi connectivity index (χ2n) is 6.45. The van der Waals surface area contributed by atoms with Crippen molar-refractivity contribution in [2.24, 2.45) is 0 Å². The highest BCUT2D eigenvalue weighted by Crippen LogP contribution is 2.07. The first-order valence-electron chi connectivity index (χ1n) is 8.94. The summed E-state index contributed by atoms with van der Waals surface area (Å²) in [6.07, 6.45) is 0. The van der Waals surface area contributed by atoms with Crippen molar-refractivity contribution in [3.05, 3.63) is 66.0 Å². The molecule has 3 rings (SSSR count). The molecule has 1 aliphatic heterocycles. The van der Waals surface area contributed by atoms with E-state index in [0.717, 1.165) is 31.9 Å². The Labute approximate surface area is 158 Å². The molecule has 2 aromatic carbocycles. The minimum Gasteiger partial charge on any atom is -0.339 e. The summed E-state index contributed by atoms with van der Waals surface area (Å²) in [4.78, 5) is 28.3. The van der Waals surface area contributed by atoms with Crippen molar-refractivity contribution in [2.45, 2.75) is 0 Å². The lowest BCUT2D eigenvalue weighted by Gasteiger charge is -2.34. The summed E-state index contributed by atoms with van der Waals surface area (Å²) in [5.74, 6) is -0.982. The van der Waals surface area contributed by atoms with Gasteiger partial charge >= 0.3 is 0 Å². The Hall–Kier alpha value is -2.77. The van der Waals surface area contributed by atoms with Crippen LogP contribution in [0.4, 0.5) is 10.1 Å². The number of halogens is 1. The van der Waals surface area contributed by atoms with Crippen LogP contribution in [-0.2, 0) is 4.79 Å². The lowest BCUT2D eigenvalue weighted by atomic mass is 10.2. The zero-order valence-corrected chi connectivity index (χ0v) is 15.0. The number of hydrogen-bond donors (Lipinski definition) is 2. The molecule has 0 atom stereocenters. The van der Waals surface area contributed by atoms with Gasteiger partial charge in [-0.05, 0) is 24.3 Å². The predicted molar refractivity (Wildman–Crippen MR) is 102 cm³/mol. The summed E-state index contributed by atoms with van der Waals surface area (Å²) in [5.41, 5.74) is 0.839. The van der Waals surface area contributed by atoms with Crippen LogP contribution in [0, 0.1) is 5.82 Å². The van der Waals surface area contributed by atoms with Crippen molar-refractivity contribution < 1.29 is 14.0 Å². The molecule has 0 aliphatic carbocycles. The summed E-state index contributed by atoms with van der Waals surface area (Å²) in [5, 5.41) is 5.62. The molecule has 0 unspecified atom stereocenters. The van der Waals surface area contributed by atoms with Gasteiger partial charge in [0.25, 0.3) is 5.91 Å². The Morgan fingerprint density at radius 3 is 2.22 bits per heavy atom. The van der Waals surface area contributed by atoms with E-state index < -0.39 is 11.7 Å². The quantitative estimate of drug-likeness (QED) is 0.814. The zero-order chi connectivity index (χ0) is 19.1. The van der Waals surface area contributed by atoms with Gasteiger partial charge in [0.05, 0.1) is 18.8 Å². The van der Waals surface area contributed by atoms with Gasteiger partial charge in [0.1, 0.15) is 5.82 Å². The first-order valence-corrected chi connectivity index (χ1v) is 8.94. The first kappa shape index (κ1) is 19.0. The Morgan fingerprint density at radius 2 is 1.52 bits per heavy atom. The summed E-state index contributed by atoms with van der Waals surface area (Å²) in [6.45, 7) is 3.63. The van der Waals surface area contributed by atoms with Crippen molar-refractivity contribution in [3.63, 3.8) is 0 Å². The van der Waals surface area contributed by atoms with Crippen LogP contribution >= 0.6 is 0 Å². The van der Waals surface area contributed by atoms with Crippen molar-refractivity contribution in [3.8, 4) is 0 Å². The second kappa shape index (κ2) is 9.25. The number of carbonyl (C=O) groups is 2. The van der Waals surface area contributed by atoms with Crippen LogP contribution in [0.3, 0.4) is 0 Å². The van der Waals surface area contributed by atoms with Crippen LogP contribution in [-0.4, -0.2) is 61.0 Å². The van der Waals surface area contributed by atoms with Crippen LogP contribution in [0.1, 0.15) is 10.4 Å². The number of piperazine rings is 1. The molecule has 2 aromatic rings. The minimum atomic E-state index is -0.524. The molecule has 142 valence electrons. The van der Waals surface area contributed by atoms with E-state index in [1.54, 1.807) is 12.1 Å². The van der Waals surface area contributed by atoms with Gasteiger partial charge in [0, 0.05) is 31.9 Å². The van der Waals surface area contributed by atoms with Gasteiger partial charge in [-0.1, -0.05) is 30.3 Å². The Balaban J connectivity index is 1.38. The van der Waals surface area contributed by atoms with Crippen molar-refractivity contribution in [1.82, 2.24) is 15.1 Å².